The number of benzene rings is 1. The second-order valence-corrected chi connectivity index (χ2v) is 4.33. The number of aromatic nitrogens is 1. The molecule has 0 atom stereocenters. The Kier molecular flexibility index (Phi) is 5.07. The Morgan fingerprint density at radius 2 is 2.00 bits per heavy atom. The maximum Gasteiger partial charge on any atom is 0.185 e. The van der Waals surface area contributed by atoms with Gasteiger partial charge < -0.3 is 14.2 Å². The van der Waals surface area contributed by atoms with Gasteiger partial charge in [-0.3, -0.25) is 4.98 Å². The number of ether oxygens (including phenoxy) is 3. The van der Waals surface area contributed by atoms with Gasteiger partial charge in [-0.25, -0.2) is 0 Å². The summed E-state index contributed by atoms with van der Waals surface area (Å²) in [5, 5.41) is 0. The Morgan fingerprint density at radius 1 is 1.15 bits per heavy atom. The number of methoxy groups -OCH3 is 2. The van der Waals surface area contributed by atoms with E-state index in [0.29, 0.717) is 29.7 Å². The molecule has 1 aromatic heterocycles. The van der Waals surface area contributed by atoms with Crippen LogP contribution in [-0.2, 0) is 12.5 Å². The lowest BCUT2D eigenvalue weighted by atomic mass is 10.2. The van der Waals surface area contributed by atoms with E-state index in [4.69, 9.17) is 25.8 Å². The smallest absolute Gasteiger partial charge is 0.185 e. The zero-order valence-corrected chi connectivity index (χ0v) is 12.2. The quantitative estimate of drug-likeness (QED) is 0.765. The van der Waals surface area contributed by atoms with Crippen molar-refractivity contribution in [2.75, 3.05) is 14.2 Å². The van der Waals surface area contributed by atoms with Gasteiger partial charge in [-0.05, 0) is 17.7 Å². The Bertz CT molecular complexity index is 575. The van der Waals surface area contributed by atoms with Gasteiger partial charge in [0, 0.05) is 18.1 Å². The van der Waals surface area contributed by atoms with Crippen molar-refractivity contribution in [3.63, 3.8) is 0 Å². The second-order valence-electron chi connectivity index (χ2n) is 4.06. The lowest BCUT2D eigenvalue weighted by molar-refractivity contribution is 0.284. The van der Waals surface area contributed by atoms with E-state index in [0.717, 1.165) is 11.3 Å². The SMILES string of the molecule is COc1ccnc(COc2cccc(CCl)c2)c1OC. The van der Waals surface area contributed by atoms with Gasteiger partial charge in [0.05, 0.1) is 14.2 Å². The highest BCUT2D eigenvalue weighted by Crippen LogP contribution is 2.29. The number of nitrogens with zero attached hydrogens (tertiary/aromatic N) is 1. The maximum absolute atomic E-state index is 5.80. The third-order valence-electron chi connectivity index (χ3n) is 2.79. The summed E-state index contributed by atoms with van der Waals surface area (Å²) in [4.78, 5) is 4.26. The van der Waals surface area contributed by atoms with E-state index in [-0.39, 0.29) is 0 Å². The van der Waals surface area contributed by atoms with Crippen LogP contribution in [0.3, 0.4) is 0 Å². The average Bonchev–Trinajstić information content (AvgIpc) is 2.52. The summed E-state index contributed by atoms with van der Waals surface area (Å²) < 4.78 is 16.3. The van der Waals surface area contributed by atoms with Crippen LogP contribution in [-0.4, -0.2) is 19.2 Å². The standard InChI is InChI=1S/C15H16ClNO3/c1-18-14-6-7-17-13(15(14)19-2)10-20-12-5-3-4-11(8-12)9-16/h3-8H,9-10H2,1-2H3. The molecule has 2 aromatic rings. The van der Waals surface area contributed by atoms with Gasteiger partial charge in [0.25, 0.3) is 0 Å². The van der Waals surface area contributed by atoms with Gasteiger partial charge >= 0.3 is 0 Å². The molecule has 0 aliphatic carbocycles. The van der Waals surface area contributed by atoms with Gasteiger partial charge in [0.15, 0.2) is 11.5 Å². The molecule has 2 rings (SSSR count). The topological polar surface area (TPSA) is 40.6 Å². The van der Waals surface area contributed by atoms with E-state index in [9.17, 15) is 0 Å². The molecule has 0 fully saturated rings. The van der Waals surface area contributed by atoms with Crippen molar-refractivity contribution in [1.82, 2.24) is 4.98 Å². The zero-order valence-electron chi connectivity index (χ0n) is 11.4. The molecule has 0 saturated heterocycles. The minimum Gasteiger partial charge on any atom is -0.493 e. The van der Waals surface area contributed by atoms with E-state index in [2.05, 4.69) is 4.98 Å². The van der Waals surface area contributed by atoms with Crippen LogP contribution < -0.4 is 14.2 Å². The normalized spacial score (nSPS) is 10.2. The van der Waals surface area contributed by atoms with E-state index < -0.39 is 0 Å². The van der Waals surface area contributed by atoms with Crippen LogP contribution in [0.4, 0.5) is 0 Å². The largest absolute Gasteiger partial charge is 0.493 e. The van der Waals surface area contributed by atoms with E-state index >= 15 is 0 Å². The van der Waals surface area contributed by atoms with Gasteiger partial charge in [0.1, 0.15) is 18.1 Å². The van der Waals surface area contributed by atoms with Crippen molar-refractivity contribution in [3.8, 4) is 17.2 Å². The number of hydrogen-bond donors (Lipinski definition) is 0. The summed E-state index contributed by atoms with van der Waals surface area (Å²) in [6.07, 6.45) is 1.66. The van der Waals surface area contributed by atoms with Crippen LogP contribution in [0.25, 0.3) is 0 Å². The summed E-state index contributed by atoms with van der Waals surface area (Å²) in [6, 6.07) is 9.38. The third-order valence-corrected chi connectivity index (χ3v) is 3.10. The molecule has 1 aromatic carbocycles. The van der Waals surface area contributed by atoms with Crippen molar-refractivity contribution in [2.24, 2.45) is 0 Å². The minimum atomic E-state index is 0.298. The first-order valence-electron chi connectivity index (χ1n) is 6.12. The number of alkyl halides is 1. The molecule has 0 N–H and O–H groups in total. The molecule has 0 aliphatic rings. The molecule has 0 radical (unpaired) electrons. The zero-order chi connectivity index (χ0) is 14.4. The van der Waals surface area contributed by atoms with Crippen molar-refractivity contribution in [1.29, 1.82) is 0 Å². The van der Waals surface area contributed by atoms with Gasteiger partial charge in [0.2, 0.25) is 0 Å². The molecular formula is C15H16ClNO3. The molecule has 5 heteroatoms. The summed E-state index contributed by atoms with van der Waals surface area (Å²) in [6.45, 7) is 0.298. The second kappa shape index (κ2) is 7.01. The number of pyridine rings is 1. The molecule has 0 spiro atoms. The number of halogens is 1. The molecule has 0 saturated carbocycles. The van der Waals surface area contributed by atoms with Crippen LogP contribution in [0.1, 0.15) is 11.3 Å². The van der Waals surface area contributed by atoms with Crippen molar-refractivity contribution in [3.05, 3.63) is 47.8 Å². The first-order chi connectivity index (χ1) is 9.78. The summed E-state index contributed by atoms with van der Waals surface area (Å²) in [5.74, 6) is 2.42. The first-order valence-corrected chi connectivity index (χ1v) is 6.65. The average molecular weight is 294 g/mol. The predicted octanol–water partition coefficient (Wildman–Crippen LogP) is 3.42. The Hall–Kier alpha value is -1.94. The first kappa shape index (κ1) is 14.5. The van der Waals surface area contributed by atoms with Crippen molar-refractivity contribution in [2.45, 2.75) is 12.5 Å². The molecule has 0 unspecified atom stereocenters. The summed E-state index contributed by atoms with van der Waals surface area (Å²) >= 11 is 5.80. The van der Waals surface area contributed by atoms with Crippen molar-refractivity contribution < 1.29 is 14.2 Å². The predicted molar refractivity (Wildman–Crippen MR) is 77.7 cm³/mol. The molecular weight excluding hydrogens is 278 g/mol. The summed E-state index contributed by atoms with van der Waals surface area (Å²) in [5.41, 5.74) is 1.69. The fourth-order valence-electron chi connectivity index (χ4n) is 1.82. The van der Waals surface area contributed by atoms with Gasteiger partial charge in [-0.15, -0.1) is 11.6 Å². The number of hydrogen-bond acceptors (Lipinski definition) is 4. The molecule has 106 valence electrons. The molecule has 4 nitrogen and oxygen atoms in total. The fourth-order valence-corrected chi connectivity index (χ4v) is 1.99. The number of rotatable bonds is 6. The van der Waals surface area contributed by atoms with E-state index in [1.54, 1.807) is 26.5 Å². The van der Waals surface area contributed by atoms with Crippen LogP contribution in [0.15, 0.2) is 36.5 Å². The maximum atomic E-state index is 5.80. The molecule has 0 amide bonds. The summed E-state index contributed by atoms with van der Waals surface area (Å²) in [7, 11) is 3.17. The van der Waals surface area contributed by atoms with Gasteiger partial charge in [-0.2, -0.15) is 0 Å². The Balaban J connectivity index is 2.14. The monoisotopic (exact) mass is 293 g/mol. The van der Waals surface area contributed by atoms with Crippen molar-refractivity contribution >= 4 is 11.6 Å². The fraction of sp³-hybridized carbons (Fsp3) is 0.267. The molecule has 20 heavy (non-hydrogen) atoms. The van der Waals surface area contributed by atoms with Crippen LogP contribution in [0, 0.1) is 0 Å². The lowest BCUT2D eigenvalue weighted by Crippen LogP contribution is -2.03. The molecule has 1 heterocycles. The van der Waals surface area contributed by atoms with Crippen LogP contribution in [0.2, 0.25) is 0 Å². The van der Waals surface area contributed by atoms with E-state index in [1.807, 2.05) is 24.3 Å². The molecule has 0 aliphatic heterocycles. The Labute approximate surface area is 123 Å². The Morgan fingerprint density at radius 3 is 2.70 bits per heavy atom. The lowest BCUT2D eigenvalue weighted by Gasteiger charge is -2.12. The third kappa shape index (κ3) is 3.33. The van der Waals surface area contributed by atoms with E-state index in [1.165, 1.54) is 0 Å². The van der Waals surface area contributed by atoms with Crippen LogP contribution in [0.5, 0.6) is 17.2 Å². The van der Waals surface area contributed by atoms with Gasteiger partial charge in [-0.1, -0.05) is 12.1 Å². The highest BCUT2D eigenvalue weighted by molar-refractivity contribution is 6.17. The minimum absolute atomic E-state index is 0.298. The highest BCUT2D eigenvalue weighted by atomic mass is 35.5. The highest BCUT2D eigenvalue weighted by Gasteiger charge is 2.11. The molecule has 0 bridgehead atoms. The van der Waals surface area contributed by atoms with Crippen LogP contribution >= 0.6 is 11.6 Å².